The molecule has 0 saturated carbocycles. The molecule has 0 aliphatic carbocycles. The van der Waals surface area contributed by atoms with E-state index >= 15 is 0 Å². The number of benzene rings is 1. The average molecular weight is 321 g/mol. The van der Waals surface area contributed by atoms with Gasteiger partial charge >= 0.3 is 11.1 Å². The van der Waals surface area contributed by atoms with Gasteiger partial charge in [-0.25, -0.2) is 0 Å². The van der Waals surface area contributed by atoms with Crippen LogP contribution in [-0.2, 0) is 11.3 Å². The Bertz CT molecular complexity index is 758. The number of aromatic nitrogens is 2. The van der Waals surface area contributed by atoms with Gasteiger partial charge in [0.25, 0.3) is 0 Å². The van der Waals surface area contributed by atoms with Crippen LogP contribution in [0.5, 0.6) is 0 Å². The van der Waals surface area contributed by atoms with Crippen molar-refractivity contribution >= 4 is 11.6 Å². The highest BCUT2D eigenvalue weighted by molar-refractivity contribution is 6.30. The molecule has 1 aliphatic rings. The number of hydrogen-bond acceptors (Lipinski definition) is 3. The Morgan fingerprint density at radius 1 is 1.14 bits per heavy atom. The summed E-state index contributed by atoms with van der Waals surface area (Å²) >= 11 is 5.84. The maximum Gasteiger partial charge on any atom is 0.320 e. The monoisotopic (exact) mass is 320 g/mol. The zero-order chi connectivity index (χ0) is 15.5. The number of nitrogens with zero attached hydrogens (tertiary/aromatic N) is 2. The molecule has 1 aromatic carbocycles. The molecule has 6 heteroatoms. The van der Waals surface area contributed by atoms with Gasteiger partial charge in [0, 0.05) is 42.2 Å². The van der Waals surface area contributed by atoms with E-state index in [2.05, 4.69) is 0 Å². The molecule has 1 fully saturated rings. The van der Waals surface area contributed by atoms with Crippen molar-refractivity contribution in [1.82, 2.24) is 9.13 Å². The summed E-state index contributed by atoms with van der Waals surface area (Å²) < 4.78 is 8.24. The van der Waals surface area contributed by atoms with Crippen LogP contribution >= 0.6 is 11.6 Å². The molecule has 1 atom stereocenters. The maximum atomic E-state index is 12.3. The van der Waals surface area contributed by atoms with E-state index in [-0.39, 0.29) is 5.92 Å². The molecule has 0 amide bonds. The predicted octanol–water partition coefficient (Wildman–Crippen LogP) is 2.08. The van der Waals surface area contributed by atoms with Gasteiger partial charge in [0.15, 0.2) is 0 Å². The molecule has 2 heterocycles. The molecule has 2 aromatic rings. The van der Waals surface area contributed by atoms with Crippen LogP contribution in [0.25, 0.3) is 5.69 Å². The average Bonchev–Trinajstić information content (AvgIpc) is 2.54. The fourth-order valence-electron chi connectivity index (χ4n) is 2.69. The van der Waals surface area contributed by atoms with Gasteiger partial charge in [-0.3, -0.25) is 14.2 Å². The highest BCUT2D eigenvalue weighted by Crippen LogP contribution is 2.15. The SMILES string of the molecule is O=c1c(=O)n(-c2ccc(Cl)cc2)ccn1CC1CCCOC1. The first-order valence-corrected chi connectivity index (χ1v) is 7.69. The first kappa shape index (κ1) is 15.1. The summed E-state index contributed by atoms with van der Waals surface area (Å²) in [6, 6.07) is 6.80. The van der Waals surface area contributed by atoms with E-state index in [0.29, 0.717) is 23.9 Å². The smallest absolute Gasteiger partial charge is 0.320 e. The number of halogens is 1. The predicted molar refractivity (Wildman–Crippen MR) is 84.9 cm³/mol. The van der Waals surface area contributed by atoms with Crippen LogP contribution in [-0.4, -0.2) is 22.3 Å². The van der Waals surface area contributed by atoms with Gasteiger partial charge in [0.1, 0.15) is 0 Å². The van der Waals surface area contributed by atoms with Crippen molar-refractivity contribution in [2.45, 2.75) is 19.4 Å². The van der Waals surface area contributed by atoms with E-state index in [1.165, 1.54) is 9.13 Å². The molecule has 22 heavy (non-hydrogen) atoms. The van der Waals surface area contributed by atoms with Gasteiger partial charge in [0.2, 0.25) is 0 Å². The minimum absolute atomic E-state index is 0.289. The normalized spacial score (nSPS) is 18.3. The third-order valence-corrected chi connectivity index (χ3v) is 4.12. The van der Waals surface area contributed by atoms with Crippen molar-refractivity contribution in [2.75, 3.05) is 13.2 Å². The molecule has 1 aliphatic heterocycles. The second-order valence-electron chi connectivity index (χ2n) is 5.49. The fourth-order valence-corrected chi connectivity index (χ4v) is 2.81. The Labute approximate surface area is 132 Å². The van der Waals surface area contributed by atoms with E-state index in [1.807, 2.05) is 0 Å². The zero-order valence-corrected chi connectivity index (χ0v) is 12.8. The van der Waals surface area contributed by atoms with Crippen LogP contribution in [0, 0.1) is 5.92 Å². The minimum atomic E-state index is -0.554. The lowest BCUT2D eigenvalue weighted by Gasteiger charge is -2.22. The first-order chi connectivity index (χ1) is 10.6. The van der Waals surface area contributed by atoms with E-state index in [9.17, 15) is 9.59 Å². The second kappa shape index (κ2) is 6.50. The lowest BCUT2D eigenvalue weighted by molar-refractivity contribution is 0.0479. The van der Waals surface area contributed by atoms with E-state index in [1.54, 1.807) is 36.7 Å². The van der Waals surface area contributed by atoms with Crippen LogP contribution < -0.4 is 11.1 Å². The molecule has 1 unspecified atom stereocenters. The number of ether oxygens (including phenoxy) is 1. The number of hydrogen-bond donors (Lipinski definition) is 0. The summed E-state index contributed by atoms with van der Waals surface area (Å²) in [7, 11) is 0. The van der Waals surface area contributed by atoms with Crippen LogP contribution in [0.1, 0.15) is 12.8 Å². The third kappa shape index (κ3) is 3.15. The van der Waals surface area contributed by atoms with Gasteiger partial charge in [-0.1, -0.05) is 11.6 Å². The molecule has 3 rings (SSSR count). The lowest BCUT2D eigenvalue weighted by atomic mass is 10.0. The highest BCUT2D eigenvalue weighted by atomic mass is 35.5. The molecule has 0 radical (unpaired) electrons. The molecular formula is C16H17ClN2O3. The quantitative estimate of drug-likeness (QED) is 0.814. The standard InChI is InChI=1S/C16H17ClN2O3/c17-13-3-5-14(6-4-13)19-8-7-18(15(20)16(19)21)10-12-2-1-9-22-11-12/h3-8,12H,1-2,9-11H2. The summed E-state index contributed by atoms with van der Waals surface area (Å²) in [4.78, 5) is 24.5. The Morgan fingerprint density at radius 2 is 1.91 bits per heavy atom. The topological polar surface area (TPSA) is 53.2 Å². The summed E-state index contributed by atoms with van der Waals surface area (Å²) in [5.74, 6) is 0.289. The molecular weight excluding hydrogens is 304 g/mol. The van der Waals surface area contributed by atoms with Crippen molar-refractivity contribution in [1.29, 1.82) is 0 Å². The summed E-state index contributed by atoms with van der Waals surface area (Å²) in [5.41, 5.74) is -0.441. The molecule has 116 valence electrons. The van der Waals surface area contributed by atoms with Crippen LogP contribution in [0.4, 0.5) is 0 Å². The molecule has 0 bridgehead atoms. The minimum Gasteiger partial charge on any atom is -0.381 e. The number of rotatable bonds is 3. The van der Waals surface area contributed by atoms with Gasteiger partial charge in [-0.15, -0.1) is 0 Å². The first-order valence-electron chi connectivity index (χ1n) is 7.31. The second-order valence-corrected chi connectivity index (χ2v) is 5.93. The van der Waals surface area contributed by atoms with Crippen LogP contribution in [0.2, 0.25) is 5.02 Å². The largest absolute Gasteiger partial charge is 0.381 e. The van der Waals surface area contributed by atoms with E-state index < -0.39 is 11.1 Å². The van der Waals surface area contributed by atoms with Gasteiger partial charge in [0.05, 0.1) is 6.61 Å². The van der Waals surface area contributed by atoms with Crippen molar-refractivity contribution in [3.05, 3.63) is 62.4 Å². The van der Waals surface area contributed by atoms with Crippen molar-refractivity contribution in [3.8, 4) is 5.69 Å². The maximum absolute atomic E-state index is 12.3. The van der Waals surface area contributed by atoms with Crippen molar-refractivity contribution in [3.63, 3.8) is 0 Å². The Kier molecular flexibility index (Phi) is 4.45. The fraction of sp³-hybridized carbons (Fsp3) is 0.375. The van der Waals surface area contributed by atoms with Gasteiger partial charge < -0.3 is 9.30 Å². The van der Waals surface area contributed by atoms with E-state index in [0.717, 1.165) is 19.4 Å². The van der Waals surface area contributed by atoms with E-state index in [4.69, 9.17) is 16.3 Å². The zero-order valence-electron chi connectivity index (χ0n) is 12.1. The van der Waals surface area contributed by atoms with Crippen molar-refractivity contribution in [2.24, 2.45) is 5.92 Å². The van der Waals surface area contributed by atoms with Crippen LogP contribution in [0.15, 0.2) is 46.2 Å². The van der Waals surface area contributed by atoms with Crippen LogP contribution in [0.3, 0.4) is 0 Å². The Morgan fingerprint density at radius 3 is 2.59 bits per heavy atom. The third-order valence-electron chi connectivity index (χ3n) is 3.87. The summed E-state index contributed by atoms with van der Waals surface area (Å²) in [6.07, 6.45) is 5.30. The molecule has 1 saturated heterocycles. The van der Waals surface area contributed by atoms with Gasteiger partial charge in [-0.05, 0) is 37.1 Å². The molecule has 5 nitrogen and oxygen atoms in total. The highest BCUT2D eigenvalue weighted by Gasteiger charge is 2.16. The summed E-state index contributed by atoms with van der Waals surface area (Å²) in [5, 5.41) is 0.586. The Hall–Kier alpha value is -1.85. The molecule has 0 spiro atoms. The van der Waals surface area contributed by atoms with Crippen molar-refractivity contribution < 1.29 is 4.74 Å². The summed E-state index contributed by atoms with van der Waals surface area (Å²) in [6.45, 7) is 1.95. The molecule has 1 aromatic heterocycles. The molecule has 0 N–H and O–H groups in total. The Balaban J connectivity index is 1.89. The lowest BCUT2D eigenvalue weighted by Crippen LogP contribution is -2.41. The van der Waals surface area contributed by atoms with Gasteiger partial charge in [-0.2, -0.15) is 0 Å².